The van der Waals surface area contributed by atoms with Crippen molar-refractivity contribution in [3.05, 3.63) is 57.8 Å². The molecule has 1 amide bonds. The number of benzene rings is 1. The summed E-state index contributed by atoms with van der Waals surface area (Å²) >= 11 is 1.14. The number of aryl methyl sites for hydroxylation is 1. The van der Waals surface area contributed by atoms with Crippen molar-refractivity contribution < 1.29 is 19.1 Å². The first-order valence-electron chi connectivity index (χ1n) is 8.63. The van der Waals surface area contributed by atoms with E-state index >= 15 is 0 Å². The molecule has 3 rings (SSSR count). The van der Waals surface area contributed by atoms with E-state index in [4.69, 9.17) is 11.3 Å². The highest BCUT2D eigenvalue weighted by Gasteiger charge is 2.29. The molecule has 27 heavy (non-hydrogen) atoms. The zero-order valence-corrected chi connectivity index (χ0v) is 15.6. The van der Waals surface area contributed by atoms with E-state index in [2.05, 4.69) is 10.2 Å². The third kappa shape index (κ3) is 4.23. The number of nitrogens with one attached hydrogen (secondary N) is 1. The lowest BCUT2D eigenvalue weighted by Crippen LogP contribution is -2.26. The summed E-state index contributed by atoms with van der Waals surface area (Å²) in [5, 5.41) is 3.27. The highest BCUT2D eigenvalue weighted by atomic mass is 32.1. The van der Waals surface area contributed by atoms with Gasteiger partial charge in [0.15, 0.2) is 5.78 Å². The molecule has 2 aromatic rings. The number of hydrogen-bond acceptors (Lipinski definition) is 5. The van der Waals surface area contributed by atoms with E-state index in [1.165, 1.54) is 0 Å². The van der Waals surface area contributed by atoms with Crippen molar-refractivity contribution in [3.8, 4) is 0 Å². The van der Waals surface area contributed by atoms with Crippen molar-refractivity contribution in [2.75, 3.05) is 11.9 Å². The second-order valence-electron chi connectivity index (χ2n) is 6.18. The third-order valence-corrected chi connectivity index (χ3v) is 5.38. The van der Waals surface area contributed by atoms with Crippen LogP contribution in [0.4, 0.5) is 10.7 Å². The zero-order chi connectivity index (χ0) is 19.4. The first-order chi connectivity index (χ1) is 13.0. The predicted molar refractivity (Wildman–Crippen MR) is 102 cm³/mol. The molecule has 1 heterocycles. The smallest absolute Gasteiger partial charge is 0.306 e. The average Bonchev–Trinajstić information content (AvgIpc) is 3.14. The Morgan fingerprint density at radius 3 is 2.85 bits per heavy atom. The first-order valence-corrected chi connectivity index (χ1v) is 9.45. The predicted octanol–water partition coefficient (Wildman–Crippen LogP) is 4.25. The Balaban J connectivity index is 1.71. The molecule has 0 saturated heterocycles. The Morgan fingerprint density at radius 1 is 1.33 bits per heavy atom. The van der Waals surface area contributed by atoms with Gasteiger partial charge in [-0.3, -0.25) is 14.4 Å². The van der Waals surface area contributed by atoms with Gasteiger partial charge in [-0.1, -0.05) is 6.07 Å². The Labute approximate surface area is 161 Å². The van der Waals surface area contributed by atoms with Crippen molar-refractivity contribution in [2.45, 2.75) is 26.2 Å². The highest BCUT2D eigenvalue weighted by Crippen LogP contribution is 2.30. The molecule has 0 fully saturated rings. The molecule has 6 nitrogen and oxygen atoms in total. The minimum atomic E-state index is -0.352. The van der Waals surface area contributed by atoms with E-state index in [1.807, 2.05) is 0 Å². The number of Topliss-reactive ketones (excluding diaryl/α,β-unsaturated/α-hetero) is 1. The van der Waals surface area contributed by atoms with Gasteiger partial charge in [0.05, 0.1) is 24.5 Å². The summed E-state index contributed by atoms with van der Waals surface area (Å²) in [6.45, 7) is 9.01. The number of carbonyl (C=O) groups is 3. The first kappa shape index (κ1) is 18.8. The largest absolute Gasteiger partial charge is 0.466 e. The average molecular weight is 382 g/mol. The lowest BCUT2D eigenvalue weighted by molar-refractivity contribution is -0.144. The van der Waals surface area contributed by atoms with Crippen LogP contribution in [0.15, 0.2) is 30.3 Å². The quantitative estimate of drug-likeness (QED) is 0.619. The molecule has 1 aromatic carbocycles. The molecular formula is C20H18N2O4S. The molecule has 1 aliphatic rings. The highest BCUT2D eigenvalue weighted by molar-refractivity contribution is 7.18. The Hall–Kier alpha value is -2.98. The van der Waals surface area contributed by atoms with Crippen LogP contribution in [0.3, 0.4) is 0 Å². The molecule has 7 heteroatoms. The molecular weight excluding hydrogens is 364 g/mol. The maximum absolute atomic E-state index is 12.6. The van der Waals surface area contributed by atoms with Crippen molar-refractivity contribution in [3.63, 3.8) is 0 Å². The van der Waals surface area contributed by atoms with Gasteiger partial charge in [0.2, 0.25) is 5.00 Å². The van der Waals surface area contributed by atoms with Gasteiger partial charge in [0, 0.05) is 17.2 Å². The summed E-state index contributed by atoms with van der Waals surface area (Å²) in [5.74, 6) is -1.03. The normalized spacial score (nSPS) is 15.6. The summed E-state index contributed by atoms with van der Waals surface area (Å²) in [6, 6.07) is 8.42. The van der Waals surface area contributed by atoms with Crippen molar-refractivity contribution in [1.29, 1.82) is 0 Å². The van der Waals surface area contributed by atoms with Crippen LogP contribution < -0.4 is 5.32 Å². The molecule has 0 radical (unpaired) electrons. The molecule has 1 aliphatic carbocycles. The van der Waals surface area contributed by atoms with E-state index in [-0.39, 0.29) is 30.0 Å². The number of fused-ring (bicyclic) bond motifs is 1. The van der Waals surface area contributed by atoms with Gasteiger partial charge < -0.3 is 10.1 Å². The van der Waals surface area contributed by atoms with Crippen LogP contribution in [-0.2, 0) is 16.0 Å². The standard InChI is InChI=1S/C20H18N2O4S/c1-3-26-18(23)11-13-5-4-12-10-14(6-7-15(12)19(13)24)22-20(25)16-8-9-17(21-2)27-16/h6-10,13H,3-5,11H2,1H3,(H,22,25). The second-order valence-corrected chi connectivity index (χ2v) is 7.25. The summed E-state index contributed by atoms with van der Waals surface area (Å²) in [6.07, 6.45) is 1.35. The van der Waals surface area contributed by atoms with Crippen LogP contribution in [0.25, 0.3) is 4.85 Å². The topological polar surface area (TPSA) is 76.8 Å². The number of ether oxygens (including phenoxy) is 1. The van der Waals surface area contributed by atoms with Crippen LogP contribution >= 0.6 is 11.3 Å². The summed E-state index contributed by atoms with van der Waals surface area (Å²) in [4.78, 5) is 40.3. The number of thiophene rings is 1. The number of hydrogen-bond donors (Lipinski definition) is 1. The van der Waals surface area contributed by atoms with Gasteiger partial charge in [-0.2, -0.15) is 0 Å². The lowest BCUT2D eigenvalue weighted by Gasteiger charge is -2.23. The molecule has 0 bridgehead atoms. The number of nitrogens with zero attached hydrogens (tertiary/aromatic N) is 1. The van der Waals surface area contributed by atoms with E-state index in [9.17, 15) is 14.4 Å². The maximum Gasteiger partial charge on any atom is 0.306 e. The summed E-state index contributed by atoms with van der Waals surface area (Å²) in [7, 11) is 0. The van der Waals surface area contributed by atoms with Gasteiger partial charge in [-0.05, 0) is 49.6 Å². The van der Waals surface area contributed by atoms with Gasteiger partial charge in [-0.15, -0.1) is 11.3 Å². The van der Waals surface area contributed by atoms with Crippen LogP contribution in [0, 0.1) is 12.5 Å². The fourth-order valence-corrected chi connectivity index (χ4v) is 3.80. The molecule has 1 N–H and O–H groups in total. The number of carbonyl (C=O) groups excluding carboxylic acids is 3. The molecule has 1 aromatic heterocycles. The van der Waals surface area contributed by atoms with Gasteiger partial charge in [0.1, 0.15) is 0 Å². The SMILES string of the molecule is [C-]#[N+]c1ccc(C(=O)Nc2ccc3c(c2)CCC(CC(=O)OCC)C3=O)s1. The minimum Gasteiger partial charge on any atom is -0.466 e. The monoisotopic (exact) mass is 382 g/mol. The van der Waals surface area contributed by atoms with E-state index in [0.717, 1.165) is 16.9 Å². The maximum atomic E-state index is 12.6. The summed E-state index contributed by atoms with van der Waals surface area (Å²) in [5.41, 5.74) is 2.07. The molecule has 0 saturated carbocycles. The Bertz CT molecular complexity index is 942. The number of esters is 1. The van der Waals surface area contributed by atoms with Crippen molar-refractivity contribution >= 4 is 39.7 Å². The Morgan fingerprint density at radius 2 is 2.15 bits per heavy atom. The van der Waals surface area contributed by atoms with Crippen molar-refractivity contribution in [1.82, 2.24) is 0 Å². The molecule has 0 spiro atoms. The fourth-order valence-electron chi connectivity index (χ4n) is 3.12. The van der Waals surface area contributed by atoms with E-state index < -0.39 is 0 Å². The molecule has 1 unspecified atom stereocenters. The van der Waals surface area contributed by atoms with E-state index in [0.29, 0.717) is 40.6 Å². The minimum absolute atomic E-state index is 0.0536. The van der Waals surface area contributed by atoms with Crippen LogP contribution in [0.1, 0.15) is 45.4 Å². The van der Waals surface area contributed by atoms with E-state index in [1.54, 1.807) is 37.3 Å². The number of amides is 1. The number of rotatable bonds is 5. The Kier molecular flexibility index (Phi) is 5.67. The van der Waals surface area contributed by atoms with Gasteiger partial charge >= 0.3 is 5.97 Å². The van der Waals surface area contributed by atoms with Gasteiger partial charge in [0.25, 0.3) is 5.91 Å². The summed E-state index contributed by atoms with van der Waals surface area (Å²) < 4.78 is 4.94. The van der Waals surface area contributed by atoms with Crippen molar-refractivity contribution in [2.24, 2.45) is 5.92 Å². The van der Waals surface area contributed by atoms with Crippen LogP contribution in [0.2, 0.25) is 0 Å². The molecule has 0 aliphatic heterocycles. The number of anilines is 1. The molecule has 1 atom stereocenters. The molecule has 138 valence electrons. The third-order valence-electron chi connectivity index (χ3n) is 4.41. The van der Waals surface area contributed by atoms with Crippen LogP contribution in [-0.4, -0.2) is 24.3 Å². The zero-order valence-electron chi connectivity index (χ0n) is 14.8. The van der Waals surface area contributed by atoms with Crippen LogP contribution in [0.5, 0.6) is 0 Å². The lowest BCUT2D eigenvalue weighted by atomic mass is 9.81. The fraction of sp³-hybridized carbons (Fsp3) is 0.300. The second kappa shape index (κ2) is 8.14. The number of ketones is 1. The van der Waals surface area contributed by atoms with Gasteiger partial charge in [-0.25, -0.2) is 4.85 Å².